The van der Waals surface area contributed by atoms with Gasteiger partial charge in [-0.3, -0.25) is 0 Å². The van der Waals surface area contributed by atoms with E-state index >= 15 is 0 Å². The molecule has 0 radical (unpaired) electrons. The van der Waals surface area contributed by atoms with Gasteiger partial charge < -0.3 is 24.4 Å². The van der Waals surface area contributed by atoms with E-state index in [9.17, 15) is 9.59 Å². The van der Waals surface area contributed by atoms with Crippen LogP contribution in [0, 0.1) is 6.92 Å². The molecule has 8 nitrogen and oxygen atoms in total. The van der Waals surface area contributed by atoms with E-state index in [1.807, 2.05) is 43.3 Å². The SMILES string of the molecule is COC(=O)c1cc(N2CCC(NC(=O)OCc3ccccc3)C(OC)C2)cc(C)n1. The number of nitrogens with one attached hydrogen (secondary N) is 1. The van der Waals surface area contributed by atoms with Crippen molar-refractivity contribution in [2.45, 2.75) is 32.1 Å². The Kier molecular flexibility index (Phi) is 7.24. The lowest BCUT2D eigenvalue weighted by atomic mass is 10.0. The average Bonchev–Trinajstić information content (AvgIpc) is 2.77. The molecule has 1 fully saturated rings. The monoisotopic (exact) mass is 413 g/mol. The number of carbonyl (C=O) groups excluding carboxylic acids is 2. The van der Waals surface area contributed by atoms with Gasteiger partial charge in [0.1, 0.15) is 6.61 Å². The van der Waals surface area contributed by atoms with E-state index in [0.29, 0.717) is 19.5 Å². The smallest absolute Gasteiger partial charge is 0.407 e. The van der Waals surface area contributed by atoms with Crippen molar-refractivity contribution in [2.24, 2.45) is 0 Å². The highest BCUT2D eigenvalue weighted by Crippen LogP contribution is 2.23. The number of aromatic nitrogens is 1. The van der Waals surface area contributed by atoms with Gasteiger partial charge in [0.05, 0.1) is 19.3 Å². The normalized spacial score (nSPS) is 18.6. The van der Waals surface area contributed by atoms with Crippen molar-refractivity contribution in [2.75, 3.05) is 32.2 Å². The fourth-order valence-corrected chi connectivity index (χ4v) is 3.51. The van der Waals surface area contributed by atoms with Gasteiger partial charge in [0, 0.05) is 31.6 Å². The zero-order valence-corrected chi connectivity index (χ0v) is 17.5. The number of piperidine rings is 1. The van der Waals surface area contributed by atoms with Gasteiger partial charge >= 0.3 is 12.1 Å². The Hall–Kier alpha value is -3.13. The Bertz CT molecular complexity index is 874. The molecular formula is C22H27N3O5. The van der Waals surface area contributed by atoms with Crippen LogP contribution in [0.1, 0.15) is 28.2 Å². The molecule has 1 aromatic carbocycles. The Morgan fingerprint density at radius 2 is 1.97 bits per heavy atom. The minimum atomic E-state index is -0.471. The topological polar surface area (TPSA) is 90.0 Å². The Morgan fingerprint density at radius 3 is 2.67 bits per heavy atom. The fourth-order valence-electron chi connectivity index (χ4n) is 3.51. The van der Waals surface area contributed by atoms with Crippen LogP contribution >= 0.6 is 0 Å². The van der Waals surface area contributed by atoms with E-state index in [0.717, 1.165) is 16.9 Å². The summed E-state index contributed by atoms with van der Waals surface area (Å²) in [5.41, 5.74) is 2.80. The summed E-state index contributed by atoms with van der Waals surface area (Å²) in [6.07, 6.45) is -0.0152. The number of carbonyl (C=O) groups is 2. The first-order valence-corrected chi connectivity index (χ1v) is 9.82. The summed E-state index contributed by atoms with van der Waals surface area (Å²) >= 11 is 0. The van der Waals surface area contributed by atoms with Gasteiger partial charge in [-0.05, 0) is 31.0 Å². The Labute approximate surface area is 176 Å². The molecule has 1 aromatic heterocycles. The standard InChI is InChI=1S/C22H27N3O5/c1-15-11-17(12-19(23-15)21(26)29-3)25-10-9-18(20(13-25)28-2)24-22(27)30-14-16-7-5-4-6-8-16/h4-8,11-12,18,20H,9-10,13-14H2,1-3H3,(H,24,27). The number of hydrogen-bond acceptors (Lipinski definition) is 7. The lowest BCUT2D eigenvalue weighted by Crippen LogP contribution is -2.55. The van der Waals surface area contributed by atoms with Crippen molar-refractivity contribution in [3.8, 4) is 0 Å². The quantitative estimate of drug-likeness (QED) is 0.728. The third-order valence-corrected chi connectivity index (χ3v) is 5.08. The van der Waals surface area contributed by atoms with E-state index in [1.54, 1.807) is 13.2 Å². The van der Waals surface area contributed by atoms with Gasteiger partial charge in [-0.15, -0.1) is 0 Å². The molecule has 0 bridgehead atoms. The van der Waals surface area contributed by atoms with Gasteiger partial charge in [-0.25, -0.2) is 14.6 Å². The minimum Gasteiger partial charge on any atom is -0.464 e. The second kappa shape index (κ2) is 10.1. The van der Waals surface area contributed by atoms with Crippen molar-refractivity contribution in [3.05, 3.63) is 59.4 Å². The summed E-state index contributed by atoms with van der Waals surface area (Å²) in [4.78, 5) is 30.4. The molecule has 0 aliphatic carbocycles. The predicted molar refractivity (Wildman–Crippen MR) is 111 cm³/mol. The number of esters is 1. The van der Waals surface area contributed by atoms with Crippen molar-refractivity contribution in [3.63, 3.8) is 0 Å². The Morgan fingerprint density at radius 1 is 1.20 bits per heavy atom. The van der Waals surface area contributed by atoms with Gasteiger partial charge in [0.15, 0.2) is 5.69 Å². The number of amides is 1. The van der Waals surface area contributed by atoms with E-state index in [1.165, 1.54) is 7.11 Å². The van der Waals surface area contributed by atoms with Crippen LogP contribution < -0.4 is 10.2 Å². The maximum absolute atomic E-state index is 12.2. The van der Waals surface area contributed by atoms with Crippen molar-refractivity contribution in [1.29, 1.82) is 0 Å². The summed E-state index contributed by atoms with van der Waals surface area (Å²) in [7, 11) is 2.96. The van der Waals surface area contributed by atoms with E-state index in [4.69, 9.17) is 14.2 Å². The highest BCUT2D eigenvalue weighted by Gasteiger charge is 2.31. The molecule has 2 unspecified atom stereocenters. The molecule has 2 atom stereocenters. The first-order chi connectivity index (χ1) is 14.5. The molecule has 2 heterocycles. The van der Waals surface area contributed by atoms with E-state index in [2.05, 4.69) is 15.2 Å². The number of anilines is 1. The molecule has 1 saturated heterocycles. The largest absolute Gasteiger partial charge is 0.464 e. The number of pyridine rings is 1. The summed E-state index contributed by atoms with van der Waals surface area (Å²) < 4.78 is 15.7. The second-order valence-corrected chi connectivity index (χ2v) is 7.16. The zero-order valence-electron chi connectivity index (χ0n) is 17.5. The van der Waals surface area contributed by atoms with Crippen LogP contribution in [0.3, 0.4) is 0 Å². The Balaban J connectivity index is 1.60. The van der Waals surface area contributed by atoms with Crippen LogP contribution in [0.25, 0.3) is 0 Å². The van der Waals surface area contributed by atoms with Crippen molar-refractivity contribution in [1.82, 2.24) is 10.3 Å². The lowest BCUT2D eigenvalue weighted by Gasteiger charge is -2.39. The second-order valence-electron chi connectivity index (χ2n) is 7.16. The minimum absolute atomic E-state index is 0.169. The van der Waals surface area contributed by atoms with Crippen LogP contribution in [0.2, 0.25) is 0 Å². The summed E-state index contributed by atoms with van der Waals surface area (Å²) in [6.45, 7) is 3.30. The maximum Gasteiger partial charge on any atom is 0.407 e. The zero-order chi connectivity index (χ0) is 21.5. The van der Waals surface area contributed by atoms with Crippen LogP contribution in [-0.2, 0) is 20.8 Å². The number of aryl methyl sites for hydroxylation is 1. The molecule has 0 spiro atoms. The molecule has 0 saturated carbocycles. The average molecular weight is 413 g/mol. The predicted octanol–water partition coefficient (Wildman–Crippen LogP) is 2.70. The third kappa shape index (κ3) is 5.48. The number of rotatable bonds is 6. The van der Waals surface area contributed by atoms with Crippen molar-refractivity contribution >= 4 is 17.7 Å². The number of hydrogen-bond donors (Lipinski definition) is 1. The number of alkyl carbamates (subject to hydrolysis) is 1. The molecule has 1 aliphatic heterocycles. The number of methoxy groups -OCH3 is 2. The molecule has 8 heteroatoms. The summed E-state index contributed by atoms with van der Waals surface area (Å²) in [5, 5.41) is 2.91. The molecule has 2 aromatic rings. The number of ether oxygens (including phenoxy) is 3. The first-order valence-electron chi connectivity index (χ1n) is 9.82. The molecule has 160 valence electrons. The fraction of sp³-hybridized carbons (Fsp3) is 0.409. The molecule has 1 aliphatic rings. The van der Waals surface area contributed by atoms with Crippen LogP contribution in [-0.4, -0.2) is 56.5 Å². The number of nitrogens with zero attached hydrogens (tertiary/aromatic N) is 2. The van der Waals surface area contributed by atoms with Gasteiger partial charge in [0.25, 0.3) is 0 Å². The first kappa shape index (κ1) is 21.6. The highest BCUT2D eigenvalue weighted by atomic mass is 16.5. The molecule has 1 N–H and O–H groups in total. The van der Waals surface area contributed by atoms with Crippen molar-refractivity contribution < 1.29 is 23.8 Å². The van der Waals surface area contributed by atoms with Crippen LogP contribution in [0.5, 0.6) is 0 Å². The molecule has 30 heavy (non-hydrogen) atoms. The maximum atomic E-state index is 12.2. The van der Waals surface area contributed by atoms with Gasteiger partial charge in [-0.1, -0.05) is 30.3 Å². The number of benzene rings is 1. The van der Waals surface area contributed by atoms with Crippen LogP contribution in [0.4, 0.5) is 10.5 Å². The van der Waals surface area contributed by atoms with Gasteiger partial charge in [0.2, 0.25) is 0 Å². The summed E-state index contributed by atoms with van der Waals surface area (Å²) in [6, 6.07) is 13.0. The molecular weight excluding hydrogens is 386 g/mol. The highest BCUT2D eigenvalue weighted by molar-refractivity contribution is 5.88. The van der Waals surface area contributed by atoms with E-state index in [-0.39, 0.29) is 24.4 Å². The molecule has 3 rings (SSSR count). The van der Waals surface area contributed by atoms with E-state index < -0.39 is 12.1 Å². The lowest BCUT2D eigenvalue weighted by molar-refractivity contribution is 0.0545. The summed E-state index contributed by atoms with van der Waals surface area (Å²) in [5.74, 6) is -0.471. The third-order valence-electron chi connectivity index (χ3n) is 5.08. The van der Waals surface area contributed by atoms with Crippen LogP contribution in [0.15, 0.2) is 42.5 Å². The molecule has 1 amide bonds. The van der Waals surface area contributed by atoms with Gasteiger partial charge in [-0.2, -0.15) is 0 Å².